The number of hydrogen-bond donors (Lipinski definition) is 1. The van der Waals surface area contributed by atoms with Gasteiger partial charge >= 0.3 is 0 Å². The molecule has 0 bridgehead atoms. The van der Waals surface area contributed by atoms with E-state index in [-0.39, 0.29) is 23.3 Å². The number of sulfone groups is 1. The molecular formula is C12H20BrNO3S. The van der Waals surface area contributed by atoms with Crippen molar-refractivity contribution in [1.29, 1.82) is 0 Å². The van der Waals surface area contributed by atoms with Crippen LogP contribution in [0, 0.1) is 11.8 Å². The maximum Gasteiger partial charge on any atom is 0.224 e. The lowest BCUT2D eigenvalue weighted by Crippen LogP contribution is -2.36. The number of nitrogens with one attached hydrogen (secondary N) is 1. The molecule has 6 heteroatoms. The Hall–Kier alpha value is -0.100. The van der Waals surface area contributed by atoms with Gasteiger partial charge < -0.3 is 5.32 Å². The molecule has 1 N–H and O–H groups in total. The van der Waals surface area contributed by atoms with Gasteiger partial charge in [0.25, 0.3) is 0 Å². The van der Waals surface area contributed by atoms with Crippen LogP contribution >= 0.6 is 15.9 Å². The third kappa shape index (κ3) is 3.95. The van der Waals surface area contributed by atoms with E-state index in [1.165, 1.54) is 12.8 Å². The van der Waals surface area contributed by atoms with E-state index >= 15 is 0 Å². The molecule has 1 saturated heterocycles. The van der Waals surface area contributed by atoms with Crippen molar-refractivity contribution in [2.75, 3.05) is 18.1 Å². The number of rotatable bonds is 3. The second kappa shape index (κ2) is 5.90. The van der Waals surface area contributed by atoms with Crippen LogP contribution < -0.4 is 5.32 Å². The topological polar surface area (TPSA) is 63.2 Å². The first-order chi connectivity index (χ1) is 8.46. The zero-order chi connectivity index (χ0) is 13.2. The maximum absolute atomic E-state index is 11.9. The third-order valence-electron chi connectivity index (χ3n) is 3.94. The summed E-state index contributed by atoms with van der Waals surface area (Å²) in [7, 11) is -2.96. The molecule has 2 aliphatic rings. The smallest absolute Gasteiger partial charge is 0.224 e. The monoisotopic (exact) mass is 337 g/mol. The Bertz CT molecular complexity index is 402. The molecule has 0 radical (unpaired) electrons. The summed E-state index contributed by atoms with van der Waals surface area (Å²) in [4.78, 5) is 12.5. The first-order valence-electron chi connectivity index (χ1n) is 6.58. The molecule has 1 amide bonds. The van der Waals surface area contributed by atoms with Crippen LogP contribution in [0.2, 0.25) is 0 Å². The minimum absolute atomic E-state index is 0.0347. The van der Waals surface area contributed by atoms with Gasteiger partial charge in [-0.15, -0.1) is 0 Å². The molecule has 1 aliphatic carbocycles. The van der Waals surface area contributed by atoms with Crippen LogP contribution in [0.1, 0.15) is 32.1 Å². The Balaban J connectivity index is 1.72. The molecule has 2 rings (SSSR count). The number of alkyl halides is 1. The molecule has 104 valence electrons. The summed E-state index contributed by atoms with van der Waals surface area (Å²) < 4.78 is 22.6. The lowest BCUT2D eigenvalue weighted by atomic mass is 9.89. The molecule has 2 fully saturated rings. The molecule has 1 atom stereocenters. The number of halogens is 1. The first kappa shape index (κ1) is 14.3. The Labute approximate surface area is 117 Å². The van der Waals surface area contributed by atoms with Crippen molar-refractivity contribution in [3.63, 3.8) is 0 Å². The lowest BCUT2D eigenvalue weighted by Gasteiger charge is -2.25. The van der Waals surface area contributed by atoms with Gasteiger partial charge in [-0.05, 0) is 38.0 Å². The molecular weight excluding hydrogens is 318 g/mol. The number of carbonyl (C=O) groups excluding carboxylic acids is 1. The Morgan fingerprint density at radius 3 is 2.39 bits per heavy atom. The van der Waals surface area contributed by atoms with Gasteiger partial charge in [-0.2, -0.15) is 0 Å². The number of hydrogen-bond acceptors (Lipinski definition) is 3. The third-order valence-corrected chi connectivity index (χ3v) is 6.63. The van der Waals surface area contributed by atoms with Gasteiger partial charge in [-0.3, -0.25) is 4.79 Å². The van der Waals surface area contributed by atoms with Gasteiger partial charge in [0.05, 0.1) is 17.4 Å². The van der Waals surface area contributed by atoms with Crippen molar-refractivity contribution < 1.29 is 13.2 Å². The molecule has 1 heterocycles. The fraction of sp³-hybridized carbons (Fsp3) is 0.917. The predicted molar refractivity (Wildman–Crippen MR) is 74.4 cm³/mol. The van der Waals surface area contributed by atoms with Crippen LogP contribution in [-0.4, -0.2) is 37.2 Å². The molecule has 0 aromatic carbocycles. The normalized spacial score (nSPS) is 35.3. The van der Waals surface area contributed by atoms with Crippen LogP contribution in [0.15, 0.2) is 0 Å². The molecule has 0 aromatic heterocycles. The van der Waals surface area contributed by atoms with Crippen molar-refractivity contribution in [2.45, 2.75) is 36.9 Å². The van der Waals surface area contributed by atoms with E-state index < -0.39 is 9.84 Å². The zero-order valence-electron chi connectivity index (χ0n) is 10.4. The Morgan fingerprint density at radius 2 is 1.83 bits per heavy atom. The average Bonchev–Trinajstić information content (AvgIpc) is 2.69. The summed E-state index contributed by atoms with van der Waals surface area (Å²) in [6.45, 7) is 0.703. The summed E-state index contributed by atoms with van der Waals surface area (Å²) >= 11 is 3.61. The van der Waals surface area contributed by atoms with Crippen LogP contribution in [0.3, 0.4) is 0 Å². The van der Waals surface area contributed by atoms with E-state index in [1.807, 2.05) is 0 Å². The maximum atomic E-state index is 11.9. The number of carbonyl (C=O) groups is 1. The standard InChI is InChI=1S/C12H20BrNO3S/c13-11-3-1-9(2-4-11)7-14-12(15)10-5-6-18(16,17)8-10/h9-11H,1-8H2,(H,14,15). The van der Waals surface area contributed by atoms with E-state index in [9.17, 15) is 13.2 Å². The van der Waals surface area contributed by atoms with E-state index in [4.69, 9.17) is 0 Å². The molecule has 0 spiro atoms. The van der Waals surface area contributed by atoms with Crippen molar-refractivity contribution in [3.8, 4) is 0 Å². The number of amides is 1. The van der Waals surface area contributed by atoms with Gasteiger partial charge in [0.2, 0.25) is 5.91 Å². The van der Waals surface area contributed by atoms with Crippen molar-refractivity contribution in [1.82, 2.24) is 5.32 Å². The minimum atomic E-state index is -2.96. The van der Waals surface area contributed by atoms with Crippen LogP contribution in [0.25, 0.3) is 0 Å². The molecule has 1 unspecified atom stereocenters. The van der Waals surface area contributed by atoms with E-state index in [2.05, 4.69) is 21.2 Å². The SMILES string of the molecule is O=C(NCC1CCC(Br)CC1)C1CCS(=O)(=O)C1. The van der Waals surface area contributed by atoms with Crippen molar-refractivity contribution in [2.24, 2.45) is 11.8 Å². The van der Waals surface area contributed by atoms with E-state index in [1.54, 1.807) is 0 Å². The largest absolute Gasteiger partial charge is 0.356 e. The fourth-order valence-electron chi connectivity index (χ4n) is 2.72. The van der Waals surface area contributed by atoms with Crippen molar-refractivity contribution in [3.05, 3.63) is 0 Å². The average molecular weight is 338 g/mol. The van der Waals surface area contributed by atoms with Crippen molar-refractivity contribution >= 4 is 31.7 Å². The molecule has 18 heavy (non-hydrogen) atoms. The predicted octanol–water partition coefficient (Wildman–Crippen LogP) is 1.49. The highest BCUT2D eigenvalue weighted by Gasteiger charge is 2.33. The second-order valence-electron chi connectivity index (χ2n) is 5.46. The summed E-state index contributed by atoms with van der Waals surface area (Å²) in [5, 5.41) is 2.93. The van der Waals surface area contributed by atoms with Crippen LogP contribution in [0.5, 0.6) is 0 Å². The second-order valence-corrected chi connectivity index (χ2v) is 8.99. The molecule has 4 nitrogen and oxygen atoms in total. The summed E-state index contributed by atoms with van der Waals surface area (Å²) in [5.74, 6) is 0.368. The molecule has 1 aliphatic heterocycles. The Morgan fingerprint density at radius 1 is 1.17 bits per heavy atom. The minimum Gasteiger partial charge on any atom is -0.356 e. The molecule has 0 aromatic rings. The summed E-state index contributed by atoms with van der Waals surface area (Å²) in [6, 6.07) is 0. The van der Waals surface area contributed by atoms with Gasteiger partial charge in [-0.25, -0.2) is 8.42 Å². The zero-order valence-corrected chi connectivity index (χ0v) is 12.8. The van der Waals surface area contributed by atoms with Gasteiger partial charge in [-0.1, -0.05) is 15.9 Å². The highest BCUT2D eigenvalue weighted by molar-refractivity contribution is 9.09. The van der Waals surface area contributed by atoms with Crippen LogP contribution in [0.4, 0.5) is 0 Å². The van der Waals surface area contributed by atoms with Crippen LogP contribution in [-0.2, 0) is 14.6 Å². The summed E-state index contributed by atoms with van der Waals surface area (Å²) in [5.41, 5.74) is 0. The van der Waals surface area contributed by atoms with E-state index in [0.29, 0.717) is 23.7 Å². The van der Waals surface area contributed by atoms with Gasteiger partial charge in [0.1, 0.15) is 0 Å². The quantitative estimate of drug-likeness (QED) is 0.793. The highest BCUT2D eigenvalue weighted by Crippen LogP contribution is 2.28. The Kier molecular flexibility index (Phi) is 4.69. The fourth-order valence-corrected chi connectivity index (χ4v) is 4.99. The van der Waals surface area contributed by atoms with E-state index in [0.717, 1.165) is 12.8 Å². The van der Waals surface area contributed by atoms with Gasteiger partial charge in [0.15, 0.2) is 9.84 Å². The highest BCUT2D eigenvalue weighted by atomic mass is 79.9. The molecule has 1 saturated carbocycles. The summed E-state index contributed by atoms with van der Waals surface area (Å²) in [6.07, 6.45) is 5.09. The van der Waals surface area contributed by atoms with Gasteiger partial charge in [0, 0.05) is 11.4 Å². The first-order valence-corrected chi connectivity index (χ1v) is 9.32. The lowest BCUT2D eigenvalue weighted by molar-refractivity contribution is -0.124.